The topological polar surface area (TPSA) is 28.8 Å². The van der Waals surface area contributed by atoms with Crippen LogP contribution in [-0.4, -0.2) is 22.6 Å². The third kappa shape index (κ3) is 6.29. The number of benzene rings is 12. The van der Waals surface area contributed by atoms with Crippen molar-refractivity contribution in [2.75, 3.05) is 14.7 Å². The molecule has 12 aromatic carbocycles. The number of halogens is 2. The van der Waals surface area contributed by atoms with E-state index in [4.69, 9.17) is 4.74 Å². The minimum atomic E-state index is -0.669. The van der Waals surface area contributed by atoms with Crippen LogP contribution in [0.1, 0.15) is 0 Å². The molecule has 14 aromatic rings. The largest absolute Gasteiger partial charge is 0.458 e. The number of fused-ring (bicyclic) bond motifs is 14. The Labute approximate surface area is 471 Å². The Morgan fingerprint density at radius 1 is 0.268 bits per heavy atom. The molecule has 0 saturated heterocycles. The quantitative estimate of drug-likeness (QED) is 0.161. The molecule has 0 atom stereocenters. The van der Waals surface area contributed by atoms with Crippen molar-refractivity contribution >= 4 is 141 Å². The van der Waals surface area contributed by atoms with E-state index in [9.17, 15) is 0 Å². The molecule has 0 fully saturated rings. The van der Waals surface area contributed by atoms with Gasteiger partial charge in [0.05, 0.1) is 39.1 Å². The summed E-state index contributed by atoms with van der Waals surface area (Å²) in [6, 6.07) is 90.3. The van der Waals surface area contributed by atoms with Gasteiger partial charge in [-0.1, -0.05) is 152 Å². The number of nitrogens with zero attached hydrogens (tertiary/aromatic N) is 5. The molecular formula is C72H43B2F2N5O. The first-order valence-electron chi connectivity index (χ1n) is 27.9. The number of para-hydroxylation sites is 8. The average molecular weight is 1050 g/mol. The maximum atomic E-state index is 16.2. The fraction of sp³-hybridized carbons (Fsp3) is 0. The fourth-order valence-corrected chi connectivity index (χ4v) is 14.4. The molecule has 18 rings (SSSR count). The van der Waals surface area contributed by atoms with Crippen LogP contribution in [0.4, 0.5) is 60.0 Å². The van der Waals surface area contributed by atoms with Crippen molar-refractivity contribution in [3.8, 4) is 22.9 Å². The normalized spacial score (nSPS) is 13.5. The molecule has 10 heteroatoms. The Kier molecular flexibility index (Phi) is 9.38. The molecule has 0 unspecified atom stereocenters. The van der Waals surface area contributed by atoms with Crippen molar-refractivity contribution in [3.63, 3.8) is 0 Å². The van der Waals surface area contributed by atoms with Crippen molar-refractivity contribution in [1.29, 1.82) is 0 Å². The lowest BCUT2D eigenvalue weighted by atomic mass is 9.30. The standard InChI is InChI=1S/C72H43B2F2N5O/c75-44-35-45(76)37-48(36-44)81-65-43-69-58(74-56-28-12-18-34-64(56)78(47-21-5-2-6-22-47)68-40-50(41-70(82-69)72(68)74)80-61-31-15-9-25-53(61)54-26-10-16-32-62(54)80)42-57(65)73-55-27-11-17-33-63(55)77(46-19-3-1-4-20-46)66-38-49(39-67(81)71(66)73)79-59-29-13-7-23-51(59)52-24-8-14-30-60(52)79/h1-43H. The molecule has 0 bridgehead atoms. The molecule has 2 aromatic heterocycles. The third-order valence-corrected chi connectivity index (χ3v) is 17.6. The predicted molar refractivity (Wildman–Crippen MR) is 335 cm³/mol. The number of rotatable bonds is 5. The van der Waals surface area contributed by atoms with Gasteiger partial charge < -0.3 is 28.6 Å². The molecule has 0 radical (unpaired) electrons. The van der Waals surface area contributed by atoms with E-state index in [1.165, 1.54) is 22.9 Å². The van der Waals surface area contributed by atoms with Crippen molar-refractivity contribution < 1.29 is 13.5 Å². The molecule has 4 aliphatic heterocycles. The van der Waals surface area contributed by atoms with Gasteiger partial charge in [-0.15, -0.1) is 0 Å². The maximum Gasteiger partial charge on any atom is 0.256 e. The minimum absolute atomic E-state index is 0.263. The van der Waals surface area contributed by atoms with Crippen LogP contribution in [0, 0.1) is 11.6 Å². The summed E-state index contributed by atoms with van der Waals surface area (Å²) < 4.78 is 44.7. The first-order valence-corrected chi connectivity index (χ1v) is 27.9. The van der Waals surface area contributed by atoms with E-state index in [1.807, 2.05) is 6.07 Å². The highest BCUT2D eigenvalue weighted by Gasteiger charge is 2.48. The average Bonchev–Trinajstić information content (AvgIpc) is 2.10. The number of aromatic nitrogens is 2. The molecule has 0 saturated carbocycles. The third-order valence-electron chi connectivity index (χ3n) is 17.6. The number of hydrogen-bond acceptors (Lipinski definition) is 4. The van der Waals surface area contributed by atoms with E-state index in [0.717, 1.165) is 134 Å². The van der Waals surface area contributed by atoms with Gasteiger partial charge >= 0.3 is 0 Å². The lowest BCUT2D eigenvalue weighted by Crippen LogP contribution is -2.64. The van der Waals surface area contributed by atoms with E-state index < -0.39 is 11.6 Å². The van der Waals surface area contributed by atoms with Gasteiger partial charge in [0, 0.05) is 85.2 Å². The number of anilines is 9. The highest BCUT2D eigenvalue weighted by Crippen LogP contribution is 2.49. The van der Waals surface area contributed by atoms with Crippen LogP contribution in [0.2, 0.25) is 0 Å². The van der Waals surface area contributed by atoms with E-state index >= 15 is 8.78 Å². The highest BCUT2D eigenvalue weighted by atomic mass is 19.1. The molecule has 6 heterocycles. The van der Waals surface area contributed by atoms with E-state index in [1.54, 1.807) is 0 Å². The van der Waals surface area contributed by atoms with Gasteiger partial charge in [-0.25, -0.2) is 8.78 Å². The van der Waals surface area contributed by atoms with Crippen LogP contribution in [0.3, 0.4) is 0 Å². The van der Waals surface area contributed by atoms with Crippen LogP contribution in [0.5, 0.6) is 11.5 Å². The first kappa shape index (κ1) is 45.3. The molecule has 0 N–H and O–H groups in total. The lowest BCUT2D eigenvalue weighted by molar-refractivity contribution is 0.487. The zero-order chi connectivity index (χ0) is 53.9. The second-order valence-corrected chi connectivity index (χ2v) is 21.9. The molecule has 0 spiro atoms. The summed E-state index contributed by atoms with van der Waals surface area (Å²) in [7, 11) is 0. The summed E-state index contributed by atoms with van der Waals surface area (Å²) >= 11 is 0. The highest BCUT2D eigenvalue weighted by molar-refractivity contribution is 7.02. The van der Waals surface area contributed by atoms with Gasteiger partial charge in [0.15, 0.2) is 0 Å². The lowest BCUT2D eigenvalue weighted by Gasteiger charge is -2.45. The molecular weight excluding hydrogens is 1010 g/mol. The Balaban J connectivity index is 0.946. The summed E-state index contributed by atoms with van der Waals surface area (Å²) in [6.07, 6.45) is 0. The molecule has 382 valence electrons. The summed E-state index contributed by atoms with van der Waals surface area (Å²) in [5.41, 5.74) is 20.6. The number of ether oxygens (including phenoxy) is 1. The zero-order valence-corrected chi connectivity index (χ0v) is 43.9. The fourth-order valence-electron chi connectivity index (χ4n) is 14.4. The van der Waals surface area contributed by atoms with Gasteiger partial charge in [0.25, 0.3) is 13.4 Å². The predicted octanol–water partition coefficient (Wildman–Crippen LogP) is 14.6. The smallest absolute Gasteiger partial charge is 0.256 e. The Morgan fingerprint density at radius 3 is 1.17 bits per heavy atom. The van der Waals surface area contributed by atoms with Crippen LogP contribution >= 0.6 is 0 Å². The van der Waals surface area contributed by atoms with Crippen molar-refractivity contribution in [3.05, 3.63) is 272 Å². The second kappa shape index (κ2) is 17.0. The van der Waals surface area contributed by atoms with Crippen molar-refractivity contribution in [2.24, 2.45) is 0 Å². The van der Waals surface area contributed by atoms with Crippen LogP contribution in [0.15, 0.2) is 261 Å². The molecule has 0 aliphatic carbocycles. The maximum absolute atomic E-state index is 16.2. The second-order valence-electron chi connectivity index (χ2n) is 21.9. The van der Waals surface area contributed by atoms with E-state index in [2.05, 4.69) is 260 Å². The Bertz CT molecular complexity index is 4930. The van der Waals surface area contributed by atoms with E-state index in [-0.39, 0.29) is 13.4 Å². The molecule has 4 aliphatic rings. The van der Waals surface area contributed by atoms with Gasteiger partial charge in [0.2, 0.25) is 0 Å². The summed E-state index contributed by atoms with van der Waals surface area (Å²) in [6.45, 7) is -0.581. The molecule has 0 amide bonds. The van der Waals surface area contributed by atoms with Crippen molar-refractivity contribution in [2.45, 2.75) is 0 Å². The van der Waals surface area contributed by atoms with Crippen LogP contribution < -0.4 is 52.2 Å². The van der Waals surface area contributed by atoms with Crippen LogP contribution in [0.25, 0.3) is 55.0 Å². The monoisotopic (exact) mass is 1050 g/mol. The summed E-state index contributed by atoms with van der Waals surface area (Å²) in [5, 5.41) is 4.60. The molecule has 6 nitrogen and oxygen atoms in total. The Hall–Kier alpha value is -10.6. The van der Waals surface area contributed by atoms with Gasteiger partial charge in [-0.2, -0.15) is 0 Å². The SMILES string of the molecule is Fc1cc(F)cc(N2c3cc4c(cc3B3c5ccccc5N(c5ccccc5)c5cc(-n6c7ccccc7c7ccccc76)cc2c53)B2c3ccccc3N(c3ccccc3)c3cc(-n5c6ccccc6c6ccccc65)cc(c32)O4)c1. The summed E-state index contributed by atoms with van der Waals surface area (Å²) in [5.74, 6) is 0.0673. The minimum Gasteiger partial charge on any atom is -0.458 e. The van der Waals surface area contributed by atoms with Crippen LogP contribution in [-0.2, 0) is 0 Å². The van der Waals surface area contributed by atoms with E-state index in [0.29, 0.717) is 11.4 Å². The van der Waals surface area contributed by atoms with Crippen molar-refractivity contribution in [1.82, 2.24) is 9.13 Å². The first-order chi connectivity index (χ1) is 40.5. The number of hydrogen-bond donors (Lipinski definition) is 0. The zero-order valence-electron chi connectivity index (χ0n) is 43.9. The molecule has 82 heavy (non-hydrogen) atoms. The summed E-state index contributed by atoms with van der Waals surface area (Å²) in [4.78, 5) is 6.84. The van der Waals surface area contributed by atoms with Gasteiger partial charge in [-0.05, 0) is 124 Å². The van der Waals surface area contributed by atoms with Gasteiger partial charge in [-0.3, -0.25) is 0 Å². The van der Waals surface area contributed by atoms with Gasteiger partial charge in [0.1, 0.15) is 23.1 Å². The Morgan fingerprint density at radius 2 is 0.671 bits per heavy atom.